The minimum Gasteiger partial charge on any atom is -0.508 e. The molecule has 3 N–H and O–H groups in total. The minimum absolute atomic E-state index is 0.0373. The van der Waals surface area contributed by atoms with Gasteiger partial charge in [-0.15, -0.1) is 0 Å². The molecule has 2 aliphatic rings. The molecule has 0 unspecified atom stereocenters. The first-order valence-corrected chi connectivity index (χ1v) is 6.12. The molecule has 1 heterocycles. The summed E-state index contributed by atoms with van der Waals surface area (Å²) in [5, 5.41) is 15.7. The van der Waals surface area contributed by atoms with Crippen molar-refractivity contribution in [2.45, 2.75) is 37.6 Å². The molecule has 1 aromatic carbocycles. The number of hydrogen-bond donors (Lipinski definition) is 3. The number of benzene rings is 1. The number of amides is 1. The summed E-state index contributed by atoms with van der Waals surface area (Å²) in [6.07, 6.45) is 5.17. The van der Waals surface area contributed by atoms with Crippen LogP contribution in [0, 0.1) is 0 Å². The Labute approximate surface area is 100 Å². The van der Waals surface area contributed by atoms with E-state index in [1.54, 1.807) is 12.1 Å². The van der Waals surface area contributed by atoms with Crippen molar-refractivity contribution < 1.29 is 9.90 Å². The highest BCUT2D eigenvalue weighted by molar-refractivity contribution is 6.06. The lowest BCUT2D eigenvalue weighted by molar-refractivity contribution is -0.121. The van der Waals surface area contributed by atoms with E-state index in [4.69, 9.17) is 0 Å². The van der Waals surface area contributed by atoms with Crippen LogP contribution in [-0.4, -0.2) is 16.6 Å². The Kier molecular flexibility index (Phi) is 2.24. The van der Waals surface area contributed by atoms with Crippen LogP contribution in [0.4, 0.5) is 11.4 Å². The number of phenolic OH excluding ortho intramolecular Hbond substituents is 1. The second kappa shape index (κ2) is 3.65. The van der Waals surface area contributed by atoms with Crippen molar-refractivity contribution in [2.24, 2.45) is 0 Å². The van der Waals surface area contributed by atoms with Gasteiger partial charge in [0, 0.05) is 6.07 Å². The van der Waals surface area contributed by atoms with Crippen LogP contribution in [0.1, 0.15) is 32.1 Å². The Bertz CT molecular complexity index is 464. The van der Waals surface area contributed by atoms with Crippen molar-refractivity contribution in [2.75, 3.05) is 10.6 Å². The smallest absolute Gasteiger partial charge is 0.250 e. The number of aromatic hydroxyl groups is 1. The van der Waals surface area contributed by atoms with Crippen LogP contribution in [0.25, 0.3) is 0 Å². The molecule has 17 heavy (non-hydrogen) atoms. The topological polar surface area (TPSA) is 61.4 Å². The summed E-state index contributed by atoms with van der Waals surface area (Å²) in [6.45, 7) is 0. The molecular formula is C13H16N2O2. The number of hydrogen-bond acceptors (Lipinski definition) is 3. The van der Waals surface area contributed by atoms with E-state index in [2.05, 4.69) is 10.6 Å². The molecule has 1 saturated carbocycles. The van der Waals surface area contributed by atoms with Gasteiger partial charge in [-0.2, -0.15) is 0 Å². The molecule has 0 saturated heterocycles. The molecule has 4 heteroatoms. The average molecular weight is 232 g/mol. The molecule has 1 spiro atoms. The Hall–Kier alpha value is -1.71. The van der Waals surface area contributed by atoms with Gasteiger partial charge in [0.15, 0.2) is 0 Å². The Morgan fingerprint density at radius 1 is 1.12 bits per heavy atom. The first-order chi connectivity index (χ1) is 8.20. The quantitative estimate of drug-likeness (QED) is 0.602. The molecule has 0 radical (unpaired) electrons. The van der Waals surface area contributed by atoms with E-state index < -0.39 is 5.54 Å². The Balaban J connectivity index is 1.97. The average Bonchev–Trinajstić information content (AvgIpc) is 2.33. The van der Waals surface area contributed by atoms with Crippen LogP contribution in [0.15, 0.2) is 18.2 Å². The molecule has 1 fully saturated rings. The summed E-state index contributed by atoms with van der Waals surface area (Å²) in [5.41, 5.74) is 1.15. The van der Waals surface area contributed by atoms with E-state index in [9.17, 15) is 9.90 Å². The standard InChI is InChI=1S/C13H16N2O2/c16-9-4-5-10-11(8-9)14-12(17)13(15-10)6-2-1-3-7-13/h4-5,8,15-16H,1-3,6-7H2,(H,14,17). The normalized spacial score (nSPS) is 21.5. The maximum Gasteiger partial charge on any atom is 0.250 e. The molecule has 90 valence electrons. The minimum atomic E-state index is -0.428. The van der Waals surface area contributed by atoms with Crippen LogP contribution in [0.5, 0.6) is 5.75 Å². The Morgan fingerprint density at radius 2 is 1.88 bits per heavy atom. The number of phenols is 1. The number of carbonyl (C=O) groups is 1. The number of carbonyl (C=O) groups excluding carboxylic acids is 1. The highest BCUT2D eigenvalue weighted by Gasteiger charge is 2.42. The second-order valence-electron chi connectivity index (χ2n) is 4.95. The number of rotatable bonds is 0. The second-order valence-corrected chi connectivity index (χ2v) is 4.95. The third kappa shape index (κ3) is 1.64. The van der Waals surface area contributed by atoms with Gasteiger partial charge < -0.3 is 15.7 Å². The van der Waals surface area contributed by atoms with E-state index in [-0.39, 0.29) is 11.7 Å². The van der Waals surface area contributed by atoms with Crippen LogP contribution < -0.4 is 10.6 Å². The van der Waals surface area contributed by atoms with Gasteiger partial charge in [-0.05, 0) is 25.0 Å². The summed E-state index contributed by atoms with van der Waals surface area (Å²) >= 11 is 0. The van der Waals surface area contributed by atoms with Gasteiger partial charge in [0.05, 0.1) is 11.4 Å². The van der Waals surface area contributed by atoms with Gasteiger partial charge in [-0.25, -0.2) is 0 Å². The summed E-state index contributed by atoms with van der Waals surface area (Å²) in [5.74, 6) is 0.209. The van der Waals surface area contributed by atoms with Crippen molar-refractivity contribution in [3.63, 3.8) is 0 Å². The zero-order valence-electron chi connectivity index (χ0n) is 9.62. The maximum atomic E-state index is 12.2. The van der Waals surface area contributed by atoms with Crippen LogP contribution in [-0.2, 0) is 4.79 Å². The van der Waals surface area contributed by atoms with E-state index in [0.717, 1.165) is 31.4 Å². The molecule has 3 rings (SSSR count). The van der Waals surface area contributed by atoms with Gasteiger partial charge in [-0.3, -0.25) is 4.79 Å². The molecular weight excluding hydrogens is 216 g/mol. The van der Waals surface area contributed by atoms with Crippen LogP contribution in [0.3, 0.4) is 0 Å². The fourth-order valence-electron chi connectivity index (χ4n) is 2.81. The van der Waals surface area contributed by atoms with Crippen molar-refractivity contribution in [3.8, 4) is 5.75 Å². The zero-order valence-corrected chi connectivity index (χ0v) is 9.62. The molecule has 1 aromatic rings. The van der Waals surface area contributed by atoms with Gasteiger partial charge in [0.25, 0.3) is 0 Å². The predicted molar refractivity (Wildman–Crippen MR) is 66.2 cm³/mol. The fraction of sp³-hybridized carbons (Fsp3) is 0.462. The molecule has 0 bridgehead atoms. The lowest BCUT2D eigenvalue weighted by Gasteiger charge is -2.41. The van der Waals surface area contributed by atoms with Gasteiger partial charge in [0.2, 0.25) is 5.91 Å². The SMILES string of the molecule is O=C1Nc2cc(O)ccc2NC12CCCCC2. The fourth-order valence-corrected chi connectivity index (χ4v) is 2.81. The van der Waals surface area contributed by atoms with Gasteiger partial charge in [0.1, 0.15) is 11.3 Å². The molecule has 1 amide bonds. The highest BCUT2D eigenvalue weighted by atomic mass is 16.3. The first kappa shape index (κ1) is 10.4. The van der Waals surface area contributed by atoms with Gasteiger partial charge >= 0.3 is 0 Å². The number of anilines is 2. The molecule has 1 aliphatic heterocycles. The molecule has 1 aliphatic carbocycles. The monoisotopic (exact) mass is 232 g/mol. The summed E-state index contributed by atoms with van der Waals surface area (Å²) in [6, 6.07) is 5.04. The van der Waals surface area contributed by atoms with E-state index in [1.807, 2.05) is 6.07 Å². The molecule has 0 atom stereocenters. The largest absolute Gasteiger partial charge is 0.508 e. The molecule has 4 nitrogen and oxygen atoms in total. The van der Waals surface area contributed by atoms with Gasteiger partial charge in [-0.1, -0.05) is 19.3 Å². The summed E-state index contributed by atoms with van der Waals surface area (Å²) in [7, 11) is 0. The van der Waals surface area contributed by atoms with E-state index in [0.29, 0.717) is 5.69 Å². The van der Waals surface area contributed by atoms with E-state index in [1.165, 1.54) is 6.42 Å². The van der Waals surface area contributed by atoms with Crippen molar-refractivity contribution in [1.82, 2.24) is 0 Å². The van der Waals surface area contributed by atoms with Crippen molar-refractivity contribution >= 4 is 17.3 Å². The lowest BCUT2D eigenvalue weighted by Crippen LogP contribution is -2.53. The number of nitrogens with one attached hydrogen (secondary N) is 2. The maximum absolute atomic E-state index is 12.2. The highest BCUT2D eigenvalue weighted by Crippen LogP contribution is 2.39. The molecule has 0 aromatic heterocycles. The van der Waals surface area contributed by atoms with Crippen molar-refractivity contribution in [3.05, 3.63) is 18.2 Å². The van der Waals surface area contributed by atoms with Crippen LogP contribution >= 0.6 is 0 Å². The predicted octanol–water partition coefficient (Wildman–Crippen LogP) is 2.46. The van der Waals surface area contributed by atoms with Crippen molar-refractivity contribution in [1.29, 1.82) is 0 Å². The first-order valence-electron chi connectivity index (χ1n) is 6.12. The zero-order chi connectivity index (χ0) is 11.9. The summed E-state index contributed by atoms with van der Waals surface area (Å²) < 4.78 is 0. The lowest BCUT2D eigenvalue weighted by atomic mass is 9.79. The van der Waals surface area contributed by atoms with E-state index >= 15 is 0 Å². The summed E-state index contributed by atoms with van der Waals surface area (Å²) in [4.78, 5) is 12.2. The van der Waals surface area contributed by atoms with Crippen LogP contribution in [0.2, 0.25) is 0 Å². The Morgan fingerprint density at radius 3 is 2.65 bits per heavy atom. The number of fused-ring (bicyclic) bond motifs is 1. The third-order valence-corrected chi connectivity index (χ3v) is 3.77. The third-order valence-electron chi connectivity index (χ3n) is 3.77.